The third kappa shape index (κ3) is 4.72. The molecule has 144 valence electrons. The van der Waals surface area contributed by atoms with E-state index in [2.05, 4.69) is 26.0 Å². The molecular formula is C19H19ClN6O2. The van der Waals surface area contributed by atoms with Crippen LogP contribution in [0.15, 0.2) is 42.5 Å². The van der Waals surface area contributed by atoms with Crippen molar-refractivity contribution in [3.63, 3.8) is 0 Å². The summed E-state index contributed by atoms with van der Waals surface area (Å²) >= 11 is 6.11. The van der Waals surface area contributed by atoms with Gasteiger partial charge in [-0.05, 0) is 42.3 Å². The number of rotatable bonds is 6. The van der Waals surface area contributed by atoms with E-state index in [4.69, 9.17) is 11.6 Å². The van der Waals surface area contributed by atoms with E-state index in [9.17, 15) is 9.59 Å². The number of carbonyl (C=O) groups excluding carboxylic acids is 2. The Morgan fingerprint density at radius 2 is 1.75 bits per heavy atom. The SMILES string of the molecule is Cc1cccc(C)c1NC(=O)CNC(=O)Cn1nnc(-c2ccccc2Cl)n1. The Hall–Kier alpha value is -3.26. The number of tetrazole rings is 1. The summed E-state index contributed by atoms with van der Waals surface area (Å²) in [7, 11) is 0. The molecule has 2 aromatic carbocycles. The smallest absolute Gasteiger partial charge is 0.244 e. The number of amides is 2. The first kappa shape index (κ1) is 19.5. The number of para-hydroxylation sites is 1. The molecule has 0 atom stereocenters. The van der Waals surface area contributed by atoms with E-state index in [1.54, 1.807) is 18.2 Å². The number of hydrogen-bond acceptors (Lipinski definition) is 5. The van der Waals surface area contributed by atoms with E-state index >= 15 is 0 Å². The van der Waals surface area contributed by atoms with Crippen LogP contribution in [0.1, 0.15) is 11.1 Å². The summed E-state index contributed by atoms with van der Waals surface area (Å²) in [4.78, 5) is 25.3. The Kier molecular flexibility index (Phi) is 6.00. The Labute approximate surface area is 166 Å². The molecule has 0 aliphatic carbocycles. The fourth-order valence-corrected chi connectivity index (χ4v) is 2.84. The molecule has 0 aliphatic heterocycles. The fraction of sp³-hybridized carbons (Fsp3) is 0.211. The van der Waals surface area contributed by atoms with Gasteiger partial charge in [0, 0.05) is 11.3 Å². The molecule has 0 spiro atoms. The first-order chi connectivity index (χ1) is 13.4. The maximum absolute atomic E-state index is 12.1. The zero-order chi connectivity index (χ0) is 20.1. The standard InChI is InChI=1S/C19H19ClN6O2/c1-12-6-5-7-13(2)18(12)22-16(27)10-21-17(28)11-26-24-19(23-25-26)14-8-3-4-9-15(14)20/h3-9H,10-11H2,1-2H3,(H,21,28)(H,22,27). The van der Waals surface area contributed by atoms with Gasteiger partial charge in [0.15, 0.2) is 0 Å². The van der Waals surface area contributed by atoms with Crippen LogP contribution in [0.4, 0.5) is 5.69 Å². The highest BCUT2D eigenvalue weighted by molar-refractivity contribution is 6.33. The molecule has 2 N–H and O–H groups in total. The van der Waals surface area contributed by atoms with Gasteiger partial charge in [0.2, 0.25) is 17.6 Å². The van der Waals surface area contributed by atoms with Gasteiger partial charge in [-0.15, -0.1) is 10.2 Å². The van der Waals surface area contributed by atoms with E-state index in [0.29, 0.717) is 16.4 Å². The number of nitrogens with zero attached hydrogens (tertiary/aromatic N) is 4. The molecule has 0 unspecified atom stereocenters. The topological polar surface area (TPSA) is 102 Å². The largest absolute Gasteiger partial charge is 0.345 e. The summed E-state index contributed by atoms with van der Waals surface area (Å²) in [6, 6.07) is 12.8. The van der Waals surface area contributed by atoms with Crippen LogP contribution in [-0.2, 0) is 16.1 Å². The first-order valence-electron chi connectivity index (χ1n) is 8.59. The van der Waals surface area contributed by atoms with E-state index in [1.807, 2.05) is 38.1 Å². The van der Waals surface area contributed by atoms with Crippen LogP contribution in [-0.4, -0.2) is 38.6 Å². The maximum Gasteiger partial charge on any atom is 0.244 e. The molecule has 0 radical (unpaired) electrons. The van der Waals surface area contributed by atoms with Gasteiger partial charge in [0.25, 0.3) is 0 Å². The minimum Gasteiger partial charge on any atom is -0.345 e. The monoisotopic (exact) mass is 398 g/mol. The molecule has 28 heavy (non-hydrogen) atoms. The molecule has 0 fully saturated rings. The highest BCUT2D eigenvalue weighted by atomic mass is 35.5. The maximum atomic E-state index is 12.1. The van der Waals surface area contributed by atoms with Gasteiger partial charge in [0.05, 0.1) is 11.6 Å². The average molecular weight is 399 g/mol. The minimum atomic E-state index is -0.403. The second-order valence-electron chi connectivity index (χ2n) is 6.22. The van der Waals surface area contributed by atoms with Gasteiger partial charge >= 0.3 is 0 Å². The predicted molar refractivity (Wildman–Crippen MR) is 106 cm³/mol. The number of aromatic nitrogens is 4. The molecule has 8 nitrogen and oxygen atoms in total. The van der Waals surface area contributed by atoms with Crippen molar-refractivity contribution in [2.45, 2.75) is 20.4 Å². The molecule has 0 saturated heterocycles. The number of aryl methyl sites for hydroxylation is 2. The van der Waals surface area contributed by atoms with Gasteiger partial charge in [-0.2, -0.15) is 4.80 Å². The number of anilines is 1. The summed E-state index contributed by atoms with van der Waals surface area (Å²) in [6.07, 6.45) is 0. The lowest BCUT2D eigenvalue weighted by Gasteiger charge is -2.11. The average Bonchev–Trinajstić information content (AvgIpc) is 3.11. The molecule has 1 aromatic heterocycles. The van der Waals surface area contributed by atoms with Gasteiger partial charge in [-0.25, -0.2) is 0 Å². The lowest BCUT2D eigenvalue weighted by molar-refractivity contribution is -0.124. The predicted octanol–water partition coefficient (Wildman–Crippen LogP) is 2.37. The van der Waals surface area contributed by atoms with Crippen molar-refractivity contribution in [3.8, 4) is 11.4 Å². The van der Waals surface area contributed by atoms with Gasteiger partial charge in [-0.1, -0.05) is 41.9 Å². The Morgan fingerprint density at radius 1 is 1.04 bits per heavy atom. The van der Waals surface area contributed by atoms with E-state index in [1.165, 1.54) is 0 Å². The van der Waals surface area contributed by atoms with Crippen LogP contribution in [0.2, 0.25) is 5.02 Å². The Bertz CT molecular complexity index is 997. The van der Waals surface area contributed by atoms with Crippen molar-refractivity contribution in [3.05, 3.63) is 58.6 Å². The molecular weight excluding hydrogens is 380 g/mol. The lowest BCUT2D eigenvalue weighted by atomic mass is 10.1. The third-order valence-electron chi connectivity index (χ3n) is 4.04. The van der Waals surface area contributed by atoms with Crippen LogP contribution in [0, 0.1) is 13.8 Å². The molecule has 3 rings (SSSR count). The molecule has 0 bridgehead atoms. The number of benzene rings is 2. The highest BCUT2D eigenvalue weighted by Gasteiger charge is 2.13. The first-order valence-corrected chi connectivity index (χ1v) is 8.97. The normalized spacial score (nSPS) is 10.5. The second kappa shape index (κ2) is 8.62. The van der Waals surface area contributed by atoms with E-state index < -0.39 is 5.91 Å². The zero-order valence-corrected chi connectivity index (χ0v) is 16.2. The van der Waals surface area contributed by atoms with E-state index in [-0.39, 0.29) is 19.0 Å². The summed E-state index contributed by atoms with van der Waals surface area (Å²) in [5, 5.41) is 17.8. The lowest BCUT2D eigenvalue weighted by Crippen LogP contribution is -2.35. The minimum absolute atomic E-state index is 0.154. The van der Waals surface area contributed by atoms with Crippen molar-refractivity contribution in [2.75, 3.05) is 11.9 Å². The quantitative estimate of drug-likeness (QED) is 0.663. The summed E-state index contributed by atoms with van der Waals surface area (Å²) in [5.74, 6) is -0.389. The Morgan fingerprint density at radius 3 is 2.46 bits per heavy atom. The molecule has 0 aliphatic rings. The zero-order valence-electron chi connectivity index (χ0n) is 15.4. The summed E-state index contributed by atoms with van der Waals surface area (Å²) in [5.41, 5.74) is 3.30. The molecule has 2 amide bonds. The second-order valence-corrected chi connectivity index (χ2v) is 6.62. The van der Waals surface area contributed by atoms with Gasteiger partial charge < -0.3 is 10.6 Å². The van der Waals surface area contributed by atoms with Crippen LogP contribution in [0.3, 0.4) is 0 Å². The van der Waals surface area contributed by atoms with Crippen LogP contribution >= 0.6 is 11.6 Å². The molecule has 1 heterocycles. The van der Waals surface area contributed by atoms with Crippen molar-refractivity contribution in [1.82, 2.24) is 25.5 Å². The number of carbonyl (C=O) groups is 2. The molecule has 9 heteroatoms. The van der Waals surface area contributed by atoms with Crippen LogP contribution in [0.25, 0.3) is 11.4 Å². The molecule has 0 saturated carbocycles. The number of nitrogens with one attached hydrogen (secondary N) is 2. The number of hydrogen-bond donors (Lipinski definition) is 2. The summed E-state index contributed by atoms with van der Waals surface area (Å²) in [6.45, 7) is 3.51. The van der Waals surface area contributed by atoms with Crippen molar-refractivity contribution in [1.29, 1.82) is 0 Å². The fourth-order valence-electron chi connectivity index (χ4n) is 2.62. The third-order valence-corrected chi connectivity index (χ3v) is 4.37. The van der Waals surface area contributed by atoms with E-state index in [0.717, 1.165) is 21.6 Å². The summed E-state index contributed by atoms with van der Waals surface area (Å²) < 4.78 is 0. The van der Waals surface area contributed by atoms with Crippen molar-refractivity contribution >= 4 is 29.1 Å². The number of halogens is 1. The molecule has 3 aromatic rings. The van der Waals surface area contributed by atoms with Crippen molar-refractivity contribution in [2.24, 2.45) is 0 Å². The Balaban J connectivity index is 1.54. The van der Waals surface area contributed by atoms with Crippen molar-refractivity contribution < 1.29 is 9.59 Å². The van der Waals surface area contributed by atoms with Gasteiger partial charge in [-0.3, -0.25) is 9.59 Å². The van der Waals surface area contributed by atoms with Gasteiger partial charge in [0.1, 0.15) is 6.54 Å². The van der Waals surface area contributed by atoms with Crippen LogP contribution < -0.4 is 10.6 Å². The van der Waals surface area contributed by atoms with Crippen LogP contribution in [0.5, 0.6) is 0 Å². The highest BCUT2D eigenvalue weighted by Crippen LogP contribution is 2.23.